The van der Waals surface area contributed by atoms with Gasteiger partial charge in [-0.3, -0.25) is 0 Å². The summed E-state index contributed by atoms with van der Waals surface area (Å²) in [7, 11) is 1.68. The molecule has 0 amide bonds. The number of hydrogen-bond donors (Lipinski definition) is 1. The second-order valence-corrected chi connectivity index (χ2v) is 5.58. The molecule has 16 heavy (non-hydrogen) atoms. The summed E-state index contributed by atoms with van der Waals surface area (Å²) in [5, 5.41) is 10.6. The van der Waals surface area contributed by atoms with Crippen molar-refractivity contribution in [3.05, 3.63) is 28.8 Å². The molecule has 1 aromatic rings. The number of rotatable bonds is 2. The van der Waals surface area contributed by atoms with Gasteiger partial charge in [-0.25, -0.2) is 0 Å². The van der Waals surface area contributed by atoms with Gasteiger partial charge in [-0.1, -0.05) is 0 Å². The zero-order valence-corrected chi connectivity index (χ0v) is 10.9. The van der Waals surface area contributed by atoms with Crippen molar-refractivity contribution in [3.8, 4) is 5.75 Å². The van der Waals surface area contributed by atoms with E-state index in [9.17, 15) is 5.11 Å². The van der Waals surface area contributed by atoms with Gasteiger partial charge in [-0.2, -0.15) is 11.8 Å². The van der Waals surface area contributed by atoms with Gasteiger partial charge in [-0.15, -0.1) is 0 Å². The Morgan fingerprint density at radius 1 is 1.31 bits per heavy atom. The maximum atomic E-state index is 10.6. The number of aliphatic hydroxyl groups is 1. The fraction of sp³-hybridized carbons (Fsp3) is 0.538. The van der Waals surface area contributed by atoms with Crippen LogP contribution < -0.4 is 4.74 Å². The van der Waals surface area contributed by atoms with Crippen LogP contribution in [-0.2, 0) is 5.60 Å². The molecule has 0 spiro atoms. The number of thioether (sulfide) groups is 1. The topological polar surface area (TPSA) is 29.5 Å². The van der Waals surface area contributed by atoms with Crippen molar-refractivity contribution in [1.29, 1.82) is 0 Å². The van der Waals surface area contributed by atoms with E-state index in [2.05, 4.69) is 6.07 Å². The first-order chi connectivity index (χ1) is 7.57. The third-order valence-electron chi connectivity index (χ3n) is 3.24. The molecule has 0 bridgehead atoms. The van der Waals surface area contributed by atoms with Crippen molar-refractivity contribution < 1.29 is 9.84 Å². The van der Waals surface area contributed by atoms with Crippen LogP contribution in [0.15, 0.2) is 12.1 Å². The molecule has 0 aliphatic carbocycles. The van der Waals surface area contributed by atoms with E-state index in [1.54, 1.807) is 7.11 Å². The molecule has 1 saturated heterocycles. The summed E-state index contributed by atoms with van der Waals surface area (Å²) < 4.78 is 5.29. The van der Waals surface area contributed by atoms with Gasteiger partial charge in [0.15, 0.2) is 0 Å². The first-order valence-corrected chi connectivity index (χ1v) is 6.68. The number of hydrogen-bond acceptors (Lipinski definition) is 3. The van der Waals surface area contributed by atoms with E-state index in [4.69, 9.17) is 4.74 Å². The van der Waals surface area contributed by atoms with Crippen molar-refractivity contribution in [2.75, 3.05) is 18.6 Å². The molecule has 1 aliphatic rings. The molecule has 2 nitrogen and oxygen atoms in total. The summed E-state index contributed by atoms with van der Waals surface area (Å²) in [5.74, 6) is 2.75. The van der Waals surface area contributed by atoms with Gasteiger partial charge in [0.2, 0.25) is 0 Å². The van der Waals surface area contributed by atoms with E-state index < -0.39 is 5.60 Å². The molecule has 1 atom stereocenters. The average molecular weight is 238 g/mol. The molecule has 1 unspecified atom stereocenters. The van der Waals surface area contributed by atoms with E-state index in [0.29, 0.717) is 0 Å². The van der Waals surface area contributed by atoms with Gasteiger partial charge in [0.25, 0.3) is 0 Å². The Morgan fingerprint density at radius 3 is 2.62 bits per heavy atom. The molecule has 0 aromatic heterocycles. The molecular formula is C13H18O2S. The summed E-state index contributed by atoms with van der Waals surface area (Å²) in [5.41, 5.74) is 2.64. The van der Waals surface area contributed by atoms with Crippen molar-refractivity contribution in [1.82, 2.24) is 0 Å². The highest BCUT2D eigenvalue weighted by molar-refractivity contribution is 7.99. The molecule has 1 aliphatic heterocycles. The van der Waals surface area contributed by atoms with Gasteiger partial charge in [-0.05, 0) is 54.8 Å². The van der Waals surface area contributed by atoms with E-state index in [-0.39, 0.29) is 0 Å². The first kappa shape index (κ1) is 11.8. The molecule has 1 heterocycles. The monoisotopic (exact) mass is 238 g/mol. The largest absolute Gasteiger partial charge is 0.496 e. The third kappa shape index (κ3) is 1.94. The van der Waals surface area contributed by atoms with Crippen LogP contribution in [0.3, 0.4) is 0 Å². The first-order valence-electron chi connectivity index (χ1n) is 5.53. The molecule has 1 N–H and O–H groups in total. The van der Waals surface area contributed by atoms with Crippen LogP contribution in [0.4, 0.5) is 0 Å². The van der Waals surface area contributed by atoms with Crippen molar-refractivity contribution in [2.45, 2.75) is 25.9 Å². The van der Waals surface area contributed by atoms with Crippen molar-refractivity contribution >= 4 is 11.8 Å². The van der Waals surface area contributed by atoms with Crippen molar-refractivity contribution in [3.63, 3.8) is 0 Å². The Hall–Kier alpha value is -0.670. The molecule has 0 saturated carbocycles. The fourth-order valence-corrected chi connectivity index (χ4v) is 3.54. The summed E-state index contributed by atoms with van der Waals surface area (Å²) in [6.07, 6.45) is 0.851. The second kappa shape index (κ2) is 4.30. The Kier molecular flexibility index (Phi) is 3.17. The van der Waals surface area contributed by atoms with Crippen molar-refractivity contribution in [2.24, 2.45) is 0 Å². The van der Waals surface area contributed by atoms with E-state index in [0.717, 1.165) is 40.4 Å². The van der Waals surface area contributed by atoms with Gasteiger partial charge >= 0.3 is 0 Å². The summed E-state index contributed by atoms with van der Waals surface area (Å²) in [4.78, 5) is 0. The summed E-state index contributed by atoms with van der Waals surface area (Å²) in [6, 6.07) is 4.09. The minimum absolute atomic E-state index is 0.633. The second-order valence-electron chi connectivity index (χ2n) is 4.47. The minimum atomic E-state index is -0.633. The van der Waals surface area contributed by atoms with E-state index in [1.807, 2.05) is 31.7 Å². The Balaban J connectivity index is 2.45. The van der Waals surface area contributed by atoms with Gasteiger partial charge in [0.1, 0.15) is 5.75 Å². The van der Waals surface area contributed by atoms with Crippen LogP contribution in [0, 0.1) is 13.8 Å². The predicted octanol–water partition coefficient (Wildman–Crippen LogP) is 2.64. The lowest BCUT2D eigenvalue weighted by Crippen LogP contribution is -2.26. The highest BCUT2D eigenvalue weighted by atomic mass is 32.2. The quantitative estimate of drug-likeness (QED) is 0.859. The predicted molar refractivity (Wildman–Crippen MR) is 68.3 cm³/mol. The SMILES string of the molecule is COc1cc(C)c(C2(O)CCSC2)cc1C. The Bertz CT molecular complexity index is 395. The van der Waals surface area contributed by atoms with Crippen LogP contribution in [-0.4, -0.2) is 23.7 Å². The highest BCUT2D eigenvalue weighted by Gasteiger charge is 2.35. The van der Waals surface area contributed by atoms with Crippen LogP contribution in [0.5, 0.6) is 5.75 Å². The number of methoxy groups -OCH3 is 1. The zero-order valence-electron chi connectivity index (χ0n) is 10.0. The molecule has 88 valence electrons. The zero-order chi connectivity index (χ0) is 11.8. The third-order valence-corrected chi connectivity index (χ3v) is 4.42. The highest BCUT2D eigenvalue weighted by Crippen LogP contribution is 2.39. The number of benzene rings is 1. The van der Waals surface area contributed by atoms with Crippen LogP contribution in [0.25, 0.3) is 0 Å². The number of aryl methyl sites for hydroxylation is 2. The summed E-state index contributed by atoms with van der Waals surface area (Å²) >= 11 is 1.82. The van der Waals surface area contributed by atoms with Crippen LogP contribution >= 0.6 is 11.8 Å². The van der Waals surface area contributed by atoms with Gasteiger partial charge < -0.3 is 9.84 Å². The average Bonchev–Trinajstić information content (AvgIpc) is 2.69. The molecule has 1 aromatic carbocycles. The molecule has 2 rings (SSSR count). The van der Waals surface area contributed by atoms with Gasteiger partial charge in [0, 0.05) is 5.75 Å². The van der Waals surface area contributed by atoms with E-state index in [1.165, 1.54) is 0 Å². The summed E-state index contributed by atoms with van der Waals surface area (Å²) in [6.45, 7) is 4.06. The van der Waals surface area contributed by atoms with Crippen LogP contribution in [0.1, 0.15) is 23.1 Å². The standard InChI is InChI=1S/C13H18O2S/c1-9-7-12(15-3)10(2)6-11(9)13(14)4-5-16-8-13/h6-7,14H,4-5,8H2,1-3H3. The van der Waals surface area contributed by atoms with Crippen LogP contribution in [0.2, 0.25) is 0 Å². The van der Waals surface area contributed by atoms with E-state index >= 15 is 0 Å². The smallest absolute Gasteiger partial charge is 0.122 e. The lowest BCUT2D eigenvalue weighted by molar-refractivity contribution is 0.0650. The maximum Gasteiger partial charge on any atom is 0.122 e. The Morgan fingerprint density at radius 2 is 2.06 bits per heavy atom. The molecule has 1 fully saturated rings. The fourth-order valence-electron chi connectivity index (χ4n) is 2.28. The lowest BCUT2D eigenvalue weighted by Gasteiger charge is -2.25. The normalized spacial score (nSPS) is 24.8. The van der Waals surface area contributed by atoms with Gasteiger partial charge in [0.05, 0.1) is 12.7 Å². The minimum Gasteiger partial charge on any atom is -0.496 e. The maximum absolute atomic E-state index is 10.6. The lowest BCUT2D eigenvalue weighted by atomic mass is 9.88. The molecule has 0 radical (unpaired) electrons. The molecular weight excluding hydrogens is 220 g/mol. The number of ether oxygens (including phenoxy) is 1. The Labute approximate surface area is 101 Å². The molecule has 3 heteroatoms.